The summed E-state index contributed by atoms with van der Waals surface area (Å²) in [5.41, 5.74) is 0.965. The molecule has 1 unspecified atom stereocenters. The van der Waals surface area contributed by atoms with Crippen molar-refractivity contribution >= 4 is 29.1 Å². The van der Waals surface area contributed by atoms with Crippen LogP contribution in [0.25, 0.3) is 0 Å². The summed E-state index contributed by atoms with van der Waals surface area (Å²) in [6.07, 6.45) is -0.132. The number of hydrogen-bond acceptors (Lipinski definition) is 3. The fourth-order valence-corrected chi connectivity index (χ4v) is 2.31. The van der Waals surface area contributed by atoms with E-state index in [4.69, 9.17) is 32.7 Å². The maximum Gasteiger partial charge on any atom is 0.237 e. The lowest BCUT2D eigenvalue weighted by molar-refractivity contribution is -0.137. The number of amides is 1. The molecule has 0 aromatic heterocycles. The van der Waals surface area contributed by atoms with Gasteiger partial charge in [0, 0.05) is 11.6 Å². The minimum atomic E-state index is -0.132. The SMILES string of the molecule is Cc1cc(OCC2CN(C(=O)CCl)CCO2)ccc1Cl. The summed E-state index contributed by atoms with van der Waals surface area (Å²) in [6.45, 7) is 3.93. The summed E-state index contributed by atoms with van der Waals surface area (Å²) in [5.74, 6) is 0.683. The second-order valence-electron chi connectivity index (χ2n) is 4.69. The van der Waals surface area contributed by atoms with Gasteiger partial charge in [-0.2, -0.15) is 0 Å². The molecule has 0 aliphatic carbocycles. The van der Waals surface area contributed by atoms with Crippen LogP contribution in [0.15, 0.2) is 18.2 Å². The zero-order chi connectivity index (χ0) is 14.5. The Kier molecular flexibility index (Phi) is 5.52. The van der Waals surface area contributed by atoms with E-state index < -0.39 is 0 Å². The van der Waals surface area contributed by atoms with Crippen LogP contribution in [-0.4, -0.2) is 49.1 Å². The highest BCUT2D eigenvalue weighted by Crippen LogP contribution is 2.21. The van der Waals surface area contributed by atoms with E-state index in [1.54, 1.807) is 11.0 Å². The molecule has 1 atom stereocenters. The zero-order valence-corrected chi connectivity index (χ0v) is 12.8. The van der Waals surface area contributed by atoms with E-state index in [0.717, 1.165) is 11.3 Å². The number of rotatable bonds is 4. The summed E-state index contributed by atoms with van der Waals surface area (Å²) in [6, 6.07) is 5.50. The van der Waals surface area contributed by atoms with Crippen LogP contribution in [-0.2, 0) is 9.53 Å². The Labute approximate surface area is 128 Å². The first-order valence-corrected chi connectivity index (χ1v) is 7.35. The summed E-state index contributed by atoms with van der Waals surface area (Å²) < 4.78 is 11.3. The van der Waals surface area contributed by atoms with Gasteiger partial charge in [-0.3, -0.25) is 4.79 Å². The van der Waals surface area contributed by atoms with E-state index in [2.05, 4.69) is 0 Å². The molecule has 1 aliphatic rings. The van der Waals surface area contributed by atoms with Crippen LogP contribution in [0.2, 0.25) is 5.02 Å². The van der Waals surface area contributed by atoms with Crippen molar-refractivity contribution in [1.82, 2.24) is 4.90 Å². The van der Waals surface area contributed by atoms with Gasteiger partial charge >= 0.3 is 0 Å². The Morgan fingerprint density at radius 3 is 3.05 bits per heavy atom. The summed E-state index contributed by atoms with van der Waals surface area (Å²) in [7, 11) is 0. The highest BCUT2D eigenvalue weighted by atomic mass is 35.5. The Bertz CT molecular complexity index is 481. The molecule has 1 aromatic rings. The van der Waals surface area contributed by atoms with Crippen molar-refractivity contribution in [1.29, 1.82) is 0 Å². The largest absolute Gasteiger partial charge is 0.491 e. The van der Waals surface area contributed by atoms with Gasteiger partial charge in [0.2, 0.25) is 5.91 Å². The Balaban J connectivity index is 1.87. The van der Waals surface area contributed by atoms with E-state index in [9.17, 15) is 4.79 Å². The molecule has 1 aromatic carbocycles. The molecule has 0 radical (unpaired) electrons. The minimum Gasteiger partial charge on any atom is -0.491 e. The van der Waals surface area contributed by atoms with Crippen molar-refractivity contribution in [3.63, 3.8) is 0 Å². The van der Waals surface area contributed by atoms with Crippen molar-refractivity contribution in [3.05, 3.63) is 28.8 Å². The van der Waals surface area contributed by atoms with E-state index >= 15 is 0 Å². The first kappa shape index (κ1) is 15.4. The number of alkyl halides is 1. The fraction of sp³-hybridized carbons (Fsp3) is 0.500. The van der Waals surface area contributed by atoms with Crippen molar-refractivity contribution in [2.24, 2.45) is 0 Å². The maximum atomic E-state index is 11.6. The Morgan fingerprint density at radius 1 is 1.55 bits per heavy atom. The third kappa shape index (κ3) is 4.01. The normalized spacial score (nSPS) is 18.9. The highest BCUT2D eigenvalue weighted by Gasteiger charge is 2.24. The van der Waals surface area contributed by atoms with Crippen molar-refractivity contribution in [3.8, 4) is 5.75 Å². The Hall–Kier alpha value is -0.970. The van der Waals surface area contributed by atoms with Crippen LogP contribution in [0.3, 0.4) is 0 Å². The molecule has 1 aliphatic heterocycles. The minimum absolute atomic E-state index is 0.00392. The number of hydrogen-bond donors (Lipinski definition) is 0. The molecular weight excluding hydrogens is 301 g/mol. The van der Waals surface area contributed by atoms with Crippen molar-refractivity contribution in [2.75, 3.05) is 32.2 Å². The second-order valence-corrected chi connectivity index (χ2v) is 5.36. The maximum absolute atomic E-state index is 11.6. The average Bonchev–Trinajstić information content (AvgIpc) is 2.48. The molecule has 0 spiro atoms. The molecule has 0 bridgehead atoms. The molecule has 1 amide bonds. The summed E-state index contributed by atoms with van der Waals surface area (Å²) in [4.78, 5) is 13.3. The molecule has 1 saturated heterocycles. The van der Waals surface area contributed by atoms with Crippen LogP contribution in [0.5, 0.6) is 5.75 Å². The van der Waals surface area contributed by atoms with Gasteiger partial charge < -0.3 is 14.4 Å². The molecule has 2 rings (SSSR count). The molecule has 20 heavy (non-hydrogen) atoms. The average molecular weight is 318 g/mol. The highest BCUT2D eigenvalue weighted by molar-refractivity contribution is 6.31. The van der Waals surface area contributed by atoms with Crippen LogP contribution in [0.4, 0.5) is 0 Å². The topological polar surface area (TPSA) is 38.8 Å². The fourth-order valence-electron chi connectivity index (χ4n) is 2.03. The lowest BCUT2D eigenvalue weighted by atomic mass is 10.2. The predicted molar refractivity (Wildman–Crippen MR) is 78.7 cm³/mol. The van der Waals surface area contributed by atoms with Gasteiger partial charge in [0.1, 0.15) is 24.3 Å². The standard InChI is InChI=1S/C14H17Cl2NO3/c1-10-6-11(2-3-13(10)16)20-9-12-8-17(4-5-19-12)14(18)7-15/h2-3,6,12H,4-5,7-9H2,1H3. The number of morpholine rings is 1. The van der Waals surface area contributed by atoms with Gasteiger partial charge in [0.25, 0.3) is 0 Å². The molecule has 1 heterocycles. The third-order valence-electron chi connectivity index (χ3n) is 3.17. The van der Waals surface area contributed by atoms with Crippen LogP contribution < -0.4 is 4.74 Å². The van der Waals surface area contributed by atoms with Gasteiger partial charge in [-0.1, -0.05) is 11.6 Å². The number of aryl methyl sites for hydroxylation is 1. The van der Waals surface area contributed by atoms with E-state index in [1.165, 1.54) is 0 Å². The van der Waals surface area contributed by atoms with Crippen LogP contribution in [0, 0.1) is 6.92 Å². The lowest BCUT2D eigenvalue weighted by Gasteiger charge is -2.32. The third-order valence-corrected chi connectivity index (χ3v) is 3.82. The van der Waals surface area contributed by atoms with Crippen LogP contribution >= 0.6 is 23.2 Å². The van der Waals surface area contributed by atoms with Gasteiger partial charge in [-0.15, -0.1) is 11.6 Å². The van der Waals surface area contributed by atoms with Gasteiger partial charge in [-0.05, 0) is 30.7 Å². The molecule has 110 valence electrons. The first-order valence-electron chi connectivity index (χ1n) is 6.44. The van der Waals surface area contributed by atoms with Crippen molar-refractivity contribution < 1.29 is 14.3 Å². The molecule has 6 heteroatoms. The monoisotopic (exact) mass is 317 g/mol. The Morgan fingerprint density at radius 2 is 2.35 bits per heavy atom. The quantitative estimate of drug-likeness (QED) is 0.801. The summed E-state index contributed by atoms with van der Waals surface area (Å²) in [5, 5.41) is 0.713. The number of ether oxygens (including phenoxy) is 2. The van der Waals surface area contributed by atoms with E-state index in [-0.39, 0.29) is 17.9 Å². The second kappa shape index (κ2) is 7.16. The zero-order valence-electron chi connectivity index (χ0n) is 11.3. The molecular formula is C14H17Cl2NO3. The number of carbonyl (C=O) groups excluding carboxylic acids is 1. The van der Waals surface area contributed by atoms with Gasteiger partial charge in [0.15, 0.2) is 0 Å². The van der Waals surface area contributed by atoms with Gasteiger partial charge in [-0.25, -0.2) is 0 Å². The number of halogens is 2. The van der Waals surface area contributed by atoms with Crippen LogP contribution in [0.1, 0.15) is 5.56 Å². The molecule has 0 N–H and O–H groups in total. The summed E-state index contributed by atoms with van der Waals surface area (Å²) >= 11 is 11.5. The van der Waals surface area contributed by atoms with E-state index in [1.807, 2.05) is 19.1 Å². The lowest BCUT2D eigenvalue weighted by Crippen LogP contribution is -2.48. The molecule has 4 nitrogen and oxygen atoms in total. The first-order chi connectivity index (χ1) is 9.60. The smallest absolute Gasteiger partial charge is 0.237 e. The van der Waals surface area contributed by atoms with Gasteiger partial charge in [0.05, 0.1) is 13.2 Å². The number of nitrogens with zero attached hydrogens (tertiary/aromatic N) is 1. The van der Waals surface area contributed by atoms with E-state index in [0.29, 0.717) is 31.3 Å². The molecule has 1 fully saturated rings. The predicted octanol–water partition coefficient (Wildman–Crippen LogP) is 2.49. The number of carbonyl (C=O) groups is 1. The number of benzene rings is 1. The van der Waals surface area contributed by atoms with Crippen molar-refractivity contribution in [2.45, 2.75) is 13.0 Å². The molecule has 0 saturated carbocycles.